The van der Waals surface area contributed by atoms with Crippen LogP contribution in [0.15, 0.2) is 60.7 Å². The number of carbonyl (C=O) groups excluding carboxylic acids is 1. The molecule has 0 amide bonds. The fraction of sp³-hybridized carbons (Fsp3) is 0.409. The number of ether oxygens (including phenoxy) is 2. The van der Waals surface area contributed by atoms with Gasteiger partial charge in [0.15, 0.2) is 12.1 Å². The molecule has 1 fully saturated rings. The van der Waals surface area contributed by atoms with Crippen LogP contribution in [-0.2, 0) is 15.9 Å². The molecule has 1 aliphatic heterocycles. The molecule has 0 aromatic heterocycles. The summed E-state index contributed by atoms with van der Waals surface area (Å²) in [5.41, 5.74) is 2.08. The molecule has 0 bridgehead atoms. The first-order valence-electron chi connectivity index (χ1n) is 9.12. The van der Waals surface area contributed by atoms with Crippen LogP contribution in [0.25, 0.3) is 0 Å². The number of Topliss-reactive ketones (excluding diaryl/α,β-unsaturated/α-hetero) is 1. The van der Waals surface area contributed by atoms with Crippen molar-refractivity contribution in [2.45, 2.75) is 45.0 Å². The molecule has 25 heavy (non-hydrogen) atoms. The molecule has 3 atom stereocenters. The Hall–Kier alpha value is -1.97. The molecule has 1 aliphatic rings. The van der Waals surface area contributed by atoms with Crippen LogP contribution in [0.3, 0.4) is 0 Å². The topological polar surface area (TPSA) is 35.5 Å². The summed E-state index contributed by atoms with van der Waals surface area (Å²) < 4.78 is 11.8. The maximum atomic E-state index is 12.5. The normalized spacial score (nSPS) is 21.6. The third kappa shape index (κ3) is 5.25. The van der Waals surface area contributed by atoms with E-state index in [2.05, 4.69) is 24.3 Å². The standard InChI is InChI=1S/C22H26O3/c1-17(22(23)19-10-6-3-7-11-19)16-20-14-15-24-21(25-20)13-12-18-8-4-2-5-9-18/h2-11,17,20-21H,12-16H2,1H3. The molecular formula is C22H26O3. The molecule has 0 aliphatic carbocycles. The van der Waals surface area contributed by atoms with Crippen LogP contribution in [-0.4, -0.2) is 24.8 Å². The Morgan fingerprint density at radius 3 is 2.48 bits per heavy atom. The lowest BCUT2D eigenvalue weighted by Crippen LogP contribution is -2.34. The number of carbonyl (C=O) groups is 1. The van der Waals surface area contributed by atoms with Gasteiger partial charge in [0, 0.05) is 17.9 Å². The molecule has 1 saturated heterocycles. The van der Waals surface area contributed by atoms with E-state index >= 15 is 0 Å². The van der Waals surface area contributed by atoms with Crippen LogP contribution >= 0.6 is 0 Å². The van der Waals surface area contributed by atoms with Crippen molar-refractivity contribution in [3.8, 4) is 0 Å². The zero-order valence-electron chi connectivity index (χ0n) is 14.8. The van der Waals surface area contributed by atoms with Crippen molar-refractivity contribution in [1.29, 1.82) is 0 Å². The van der Waals surface area contributed by atoms with Crippen LogP contribution in [0, 0.1) is 5.92 Å². The molecule has 2 aromatic rings. The summed E-state index contributed by atoms with van der Waals surface area (Å²) in [5, 5.41) is 0. The SMILES string of the molecule is CC(CC1CCOC(CCc2ccccc2)O1)C(=O)c1ccccc1. The molecule has 3 rings (SSSR count). The largest absolute Gasteiger partial charge is 0.353 e. The van der Waals surface area contributed by atoms with Gasteiger partial charge in [-0.1, -0.05) is 67.6 Å². The van der Waals surface area contributed by atoms with E-state index in [9.17, 15) is 4.79 Å². The average Bonchev–Trinajstić information content (AvgIpc) is 2.67. The van der Waals surface area contributed by atoms with Gasteiger partial charge in [-0.2, -0.15) is 0 Å². The van der Waals surface area contributed by atoms with Gasteiger partial charge in [0.1, 0.15) is 0 Å². The minimum Gasteiger partial charge on any atom is -0.353 e. The van der Waals surface area contributed by atoms with Gasteiger partial charge in [0.2, 0.25) is 0 Å². The minimum atomic E-state index is -0.169. The summed E-state index contributed by atoms with van der Waals surface area (Å²) in [7, 11) is 0. The maximum Gasteiger partial charge on any atom is 0.165 e. The van der Waals surface area contributed by atoms with E-state index in [0.29, 0.717) is 6.61 Å². The highest BCUT2D eigenvalue weighted by Gasteiger charge is 2.26. The second-order valence-corrected chi connectivity index (χ2v) is 6.74. The van der Waals surface area contributed by atoms with Gasteiger partial charge in [-0.3, -0.25) is 4.79 Å². The van der Waals surface area contributed by atoms with E-state index in [0.717, 1.165) is 31.2 Å². The second-order valence-electron chi connectivity index (χ2n) is 6.74. The van der Waals surface area contributed by atoms with Crippen molar-refractivity contribution in [1.82, 2.24) is 0 Å². The van der Waals surface area contributed by atoms with Gasteiger partial charge < -0.3 is 9.47 Å². The average molecular weight is 338 g/mol. The molecule has 0 N–H and O–H groups in total. The zero-order chi connectivity index (χ0) is 17.5. The lowest BCUT2D eigenvalue weighted by molar-refractivity contribution is -0.216. The number of ketones is 1. The summed E-state index contributed by atoms with van der Waals surface area (Å²) in [6, 6.07) is 19.9. The monoisotopic (exact) mass is 338 g/mol. The van der Waals surface area contributed by atoms with Gasteiger partial charge in [-0.05, 0) is 24.8 Å². The van der Waals surface area contributed by atoms with E-state index < -0.39 is 0 Å². The highest BCUT2D eigenvalue weighted by atomic mass is 16.7. The number of benzene rings is 2. The Labute approximate surface area is 150 Å². The van der Waals surface area contributed by atoms with Crippen LogP contribution in [0.1, 0.15) is 42.1 Å². The smallest absolute Gasteiger partial charge is 0.165 e. The van der Waals surface area contributed by atoms with Gasteiger partial charge >= 0.3 is 0 Å². The Morgan fingerprint density at radius 2 is 1.76 bits per heavy atom. The maximum absolute atomic E-state index is 12.5. The predicted molar refractivity (Wildman–Crippen MR) is 98.5 cm³/mol. The third-order valence-corrected chi connectivity index (χ3v) is 4.72. The Balaban J connectivity index is 1.48. The van der Waals surface area contributed by atoms with E-state index in [1.54, 1.807) is 0 Å². The van der Waals surface area contributed by atoms with E-state index in [-0.39, 0.29) is 24.1 Å². The molecule has 0 radical (unpaired) electrons. The summed E-state index contributed by atoms with van der Waals surface area (Å²) in [4.78, 5) is 12.5. The summed E-state index contributed by atoms with van der Waals surface area (Å²) >= 11 is 0. The van der Waals surface area contributed by atoms with Crippen molar-refractivity contribution in [3.05, 3.63) is 71.8 Å². The van der Waals surface area contributed by atoms with Crippen LogP contribution in [0.4, 0.5) is 0 Å². The number of rotatable bonds is 7. The first kappa shape index (κ1) is 17.8. The minimum absolute atomic E-state index is 0.0414. The van der Waals surface area contributed by atoms with Gasteiger partial charge in [0.05, 0.1) is 12.7 Å². The zero-order valence-corrected chi connectivity index (χ0v) is 14.8. The Kier molecular flexibility index (Phi) is 6.37. The van der Waals surface area contributed by atoms with Crippen molar-refractivity contribution in [2.75, 3.05) is 6.61 Å². The quantitative estimate of drug-likeness (QED) is 0.689. The first-order valence-corrected chi connectivity index (χ1v) is 9.12. The molecule has 3 unspecified atom stereocenters. The summed E-state index contributed by atoms with van der Waals surface area (Å²) in [6.07, 6.45) is 3.32. The van der Waals surface area contributed by atoms with Crippen LogP contribution in [0.5, 0.6) is 0 Å². The number of hydrogen-bond donors (Lipinski definition) is 0. The van der Waals surface area contributed by atoms with Crippen LogP contribution in [0.2, 0.25) is 0 Å². The van der Waals surface area contributed by atoms with E-state index in [1.807, 2.05) is 43.3 Å². The predicted octanol–water partition coefficient (Wildman–Crippen LogP) is 4.66. The molecule has 2 aromatic carbocycles. The van der Waals surface area contributed by atoms with Crippen LogP contribution < -0.4 is 0 Å². The van der Waals surface area contributed by atoms with Crippen molar-refractivity contribution in [3.63, 3.8) is 0 Å². The molecule has 132 valence electrons. The number of aryl methyl sites for hydroxylation is 1. The number of hydrogen-bond acceptors (Lipinski definition) is 3. The molecule has 0 spiro atoms. The van der Waals surface area contributed by atoms with Crippen molar-refractivity contribution in [2.24, 2.45) is 5.92 Å². The molecule has 3 nitrogen and oxygen atoms in total. The fourth-order valence-electron chi connectivity index (χ4n) is 3.30. The molecule has 0 saturated carbocycles. The van der Waals surface area contributed by atoms with E-state index in [4.69, 9.17) is 9.47 Å². The molecular weight excluding hydrogens is 312 g/mol. The highest BCUT2D eigenvalue weighted by molar-refractivity contribution is 5.97. The highest BCUT2D eigenvalue weighted by Crippen LogP contribution is 2.24. The Morgan fingerprint density at radius 1 is 1.08 bits per heavy atom. The Bertz CT molecular complexity index is 653. The van der Waals surface area contributed by atoms with E-state index in [1.165, 1.54) is 5.56 Å². The van der Waals surface area contributed by atoms with Gasteiger partial charge in [0.25, 0.3) is 0 Å². The second kappa shape index (κ2) is 8.93. The van der Waals surface area contributed by atoms with Crippen molar-refractivity contribution >= 4 is 5.78 Å². The first-order chi connectivity index (χ1) is 12.2. The molecule has 1 heterocycles. The summed E-state index contributed by atoms with van der Waals surface area (Å²) in [5.74, 6) is 0.150. The third-order valence-electron chi connectivity index (χ3n) is 4.72. The lowest BCUT2D eigenvalue weighted by Gasteiger charge is -2.31. The van der Waals surface area contributed by atoms with Gasteiger partial charge in [-0.25, -0.2) is 0 Å². The van der Waals surface area contributed by atoms with Crippen molar-refractivity contribution < 1.29 is 14.3 Å². The lowest BCUT2D eigenvalue weighted by atomic mass is 9.93. The van der Waals surface area contributed by atoms with Gasteiger partial charge in [-0.15, -0.1) is 0 Å². The summed E-state index contributed by atoms with van der Waals surface area (Å²) in [6.45, 7) is 2.70. The molecule has 3 heteroatoms. The fourth-order valence-corrected chi connectivity index (χ4v) is 3.30.